The minimum absolute atomic E-state index is 0.191. The van der Waals surface area contributed by atoms with Gasteiger partial charge in [-0.2, -0.15) is 0 Å². The summed E-state index contributed by atoms with van der Waals surface area (Å²) in [7, 11) is 0. The van der Waals surface area contributed by atoms with Crippen molar-refractivity contribution in [2.75, 3.05) is 0 Å². The van der Waals surface area contributed by atoms with Gasteiger partial charge in [-0.05, 0) is 18.9 Å². The number of rotatable bonds is 4. The molecule has 0 bridgehead atoms. The SMILES string of the molecule is CCc1ccc(-c2nc(C)nc(CC(=O)O)n2)cc1. The van der Waals surface area contributed by atoms with Gasteiger partial charge in [-0.1, -0.05) is 31.2 Å². The lowest BCUT2D eigenvalue weighted by molar-refractivity contribution is -0.136. The van der Waals surface area contributed by atoms with Gasteiger partial charge >= 0.3 is 5.97 Å². The normalized spacial score (nSPS) is 10.4. The first-order valence-electron chi connectivity index (χ1n) is 6.11. The third-order valence-electron chi connectivity index (χ3n) is 2.72. The Bertz CT molecular complexity index is 594. The zero-order valence-electron chi connectivity index (χ0n) is 10.9. The summed E-state index contributed by atoms with van der Waals surface area (Å²) in [5, 5.41) is 8.79. The minimum Gasteiger partial charge on any atom is -0.481 e. The zero-order chi connectivity index (χ0) is 13.8. The second-order valence-electron chi connectivity index (χ2n) is 4.24. The maximum atomic E-state index is 10.7. The van der Waals surface area contributed by atoms with Gasteiger partial charge in [-0.15, -0.1) is 0 Å². The predicted molar refractivity (Wildman–Crippen MR) is 70.7 cm³/mol. The molecule has 2 aromatic rings. The fourth-order valence-corrected chi connectivity index (χ4v) is 1.77. The van der Waals surface area contributed by atoms with E-state index in [1.165, 1.54) is 5.56 Å². The van der Waals surface area contributed by atoms with Crippen molar-refractivity contribution in [3.05, 3.63) is 41.5 Å². The second kappa shape index (κ2) is 5.56. The lowest BCUT2D eigenvalue weighted by Crippen LogP contribution is -2.08. The van der Waals surface area contributed by atoms with Crippen LogP contribution in [-0.4, -0.2) is 26.0 Å². The topological polar surface area (TPSA) is 76.0 Å². The number of hydrogen-bond acceptors (Lipinski definition) is 4. The number of carboxylic acids is 1. The Hall–Kier alpha value is -2.30. The number of carbonyl (C=O) groups is 1. The molecule has 1 heterocycles. The average molecular weight is 257 g/mol. The first-order chi connectivity index (χ1) is 9.08. The quantitative estimate of drug-likeness (QED) is 0.907. The van der Waals surface area contributed by atoms with Crippen molar-refractivity contribution in [1.82, 2.24) is 15.0 Å². The van der Waals surface area contributed by atoms with Crippen LogP contribution in [0.15, 0.2) is 24.3 Å². The highest BCUT2D eigenvalue weighted by atomic mass is 16.4. The number of hydrogen-bond donors (Lipinski definition) is 1. The van der Waals surface area contributed by atoms with E-state index in [4.69, 9.17) is 5.11 Å². The van der Waals surface area contributed by atoms with Gasteiger partial charge in [0.25, 0.3) is 0 Å². The molecule has 0 aliphatic heterocycles. The van der Waals surface area contributed by atoms with Crippen LogP contribution >= 0.6 is 0 Å². The number of carboxylic acid groups (broad SMARTS) is 1. The number of aliphatic carboxylic acids is 1. The molecule has 0 radical (unpaired) electrons. The van der Waals surface area contributed by atoms with Crippen LogP contribution in [0.1, 0.15) is 24.1 Å². The van der Waals surface area contributed by atoms with E-state index in [-0.39, 0.29) is 12.2 Å². The molecule has 19 heavy (non-hydrogen) atoms. The average Bonchev–Trinajstić information content (AvgIpc) is 2.37. The Morgan fingerprint density at radius 2 is 1.84 bits per heavy atom. The van der Waals surface area contributed by atoms with Gasteiger partial charge in [0, 0.05) is 5.56 Å². The molecule has 5 nitrogen and oxygen atoms in total. The van der Waals surface area contributed by atoms with Gasteiger partial charge in [-0.3, -0.25) is 4.79 Å². The Balaban J connectivity index is 2.37. The molecule has 0 unspecified atom stereocenters. The predicted octanol–water partition coefficient (Wildman–Crippen LogP) is 2.04. The van der Waals surface area contributed by atoms with Crippen LogP contribution in [0.4, 0.5) is 0 Å². The van der Waals surface area contributed by atoms with Gasteiger partial charge in [0.1, 0.15) is 18.1 Å². The number of aryl methyl sites for hydroxylation is 2. The summed E-state index contributed by atoms with van der Waals surface area (Å²) in [6.45, 7) is 3.82. The summed E-state index contributed by atoms with van der Waals surface area (Å²) in [4.78, 5) is 23.2. The highest BCUT2D eigenvalue weighted by Gasteiger charge is 2.09. The highest BCUT2D eigenvalue weighted by molar-refractivity contribution is 5.69. The van der Waals surface area contributed by atoms with E-state index in [1.807, 2.05) is 24.3 Å². The molecule has 5 heteroatoms. The molecule has 1 aromatic carbocycles. The summed E-state index contributed by atoms with van der Waals surface area (Å²) >= 11 is 0. The van der Waals surface area contributed by atoms with Gasteiger partial charge in [0.15, 0.2) is 5.82 Å². The largest absolute Gasteiger partial charge is 0.481 e. The molecule has 0 saturated heterocycles. The molecule has 0 fully saturated rings. The molecule has 1 aromatic heterocycles. The van der Waals surface area contributed by atoms with Crippen LogP contribution in [0, 0.1) is 6.92 Å². The van der Waals surface area contributed by atoms with E-state index in [9.17, 15) is 4.79 Å². The van der Waals surface area contributed by atoms with E-state index in [1.54, 1.807) is 6.92 Å². The van der Waals surface area contributed by atoms with Crippen LogP contribution < -0.4 is 0 Å². The molecular weight excluding hydrogens is 242 g/mol. The van der Waals surface area contributed by atoms with Crippen molar-refractivity contribution in [3.8, 4) is 11.4 Å². The van der Waals surface area contributed by atoms with Gasteiger partial charge in [-0.25, -0.2) is 15.0 Å². The van der Waals surface area contributed by atoms with Crippen molar-refractivity contribution in [3.63, 3.8) is 0 Å². The standard InChI is InChI=1S/C14H15N3O2/c1-3-10-4-6-11(7-5-10)14-16-9(2)15-12(17-14)8-13(18)19/h4-7H,3,8H2,1-2H3,(H,18,19). The molecule has 1 N–H and O–H groups in total. The van der Waals surface area contributed by atoms with E-state index in [0.29, 0.717) is 11.6 Å². The lowest BCUT2D eigenvalue weighted by Gasteiger charge is -2.04. The first kappa shape index (κ1) is 13.1. The fraction of sp³-hybridized carbons (Fsp3) is 0.286. The lowest BCUT2D eigenvalue weighted by atomic mass is 10.1. The van der Waals surface area contributed by atoms with E-state index in [2.05, 4.69) is 21.9 Å². The summed E-state index contributed by atoms with van der Waals surface area (Å²) in [6, 6.07) is 7.92. The summed E-state index contributed by atoms with van der Waals surface area (Å²) in [5.41, 5.74) is 2.11. The summed E-state index contributed by atoms with van der Waals surface area (Å²) < 4.78 is 0. The molecule has 98 valence electrons. The van der Waals surface area contributed by atoms with E-state index >= 15 is 0 Å². The van der Waals surface area contributed by atoms with E-state index in [0.717, 1.165) is 12.0 Å². The van der Waals surface area contributed by atoms with Gasteiger partial charge in [0.05, 0.1) is 0 Å². The first-order valence-corrected chi connectivity index (χ1v) is 6.11. The maximum Gasteiger partial charge on any atom is 0.311 e. The van der Waals surface area contributed by atoms with Gasteiger partial charge < -0.3 is 5.11 Å². The van der Waals surface area contributed by atoms with Crippen LogP contribution in [0.5, 0.6) is 0 Å². The molecule has 0 aliphatic carbocycles. The summed E-state index contributed by atoms with van der Waals surface area (Å²) in [6.07, 6.45) is 0.782. The van der Waals surface area contributed by atoms with Crippen LogP contribution in [0.2, 0.25) is 0 Å². The van der Waals surface area contributed by atoms with Crippen LogP contribution in [0.3, 0.4) is 0 Å². The van der Waals surface area contributed by atoms with Crippen molar-refractivity contribution in [1.29, 1.82) is 0 Å². The molecule has 0 spiro atoms. The third-order valence-corrected chi connectivity index (χ3v) is 2.72. The van der Waals surface area contributed by atoms with Crippen molar-refractivity contribution in [2.24, 2.45) is 0 Å². The fourth-order valence-electron chi connectivity index (χ4n) is 1.77. The monoisotopic (exact) mass is 257 g/mol. The van der Waals surface area contributed by atoms with Crippen molar-refractivity contribution >= 4 is 5.97 Å². The number of benzene rings is 1. The van der Waals surface area contributed by atoms with Crippen molar-refractivity contribution < 1.29 is 9.90 Å². The maximum absolute atomic E-state index is 10.7. The van der Waals surface area contributed by atoms with E-state index < -0.39 is 5.97 Å². The van der Waals surface area contributed by atoms with Crippen LogP contribution in [-0.2, 0) is 17.6 Å². The minimum atomic E-state index is -0.946. The Morgan fingerprint density at radius 3 is 2.42 bits per heavy atom. The molecule has 2 rings (SSSR count). The number of nitrogens with zero attached hydrogens (tertiary/aromatic N) is 3. The molecule has 0 aliphatic rings. The Kier molecular flexibility index (Phi) is 3.85. The zero-order valence-corrected chi connectivity index (χ0v) is 10.9. The Labute approximate surface area is 111 Å². The molecule has 0 atom stereocenters. The highest BCUT2D eigenvalue weighted by Crippen LogP contribution is 2.16. The Morgan fingerprint density at radius 1 is 1.16 bits per heavy atom. The smallest absolute Gasteiger partial charge is 0.311 e. The van der Waals surface area contributed by atoms with Crippen molar-refractivity contribution in [2.45, 2.75) is 26.7 Å². The summed E-state index contributed by atoms with van der Waals surface area (Å²) in [5.74, 6) is 0.389. The van der Waals surface area contributed by atoms with Gasteiger partial charge in [0.2, 0.25) is 0 Å². The molecule has 0 saturated carbocycles. The molecule has 0 amide bonds. The molecular formula is C14H15N3O2. The third kappa shape index (κ3) is 3.34. The number of aromatic nitrogens is 3. The second-order valence-corrected chi connectivity index (χ2v) is 4.24. The van der Waals surface area contributed by atoms with Crippen LogP contribution in [0.25, 0.3) is 11.4 Å².